The zero-order valence-electron chi connectivity index (χ0n) is 10.8. The Hall–Kier alpha value is -1.51. The number of carbonyl (C=O) groups is 1. The van der Waals surface area contributed by atoms with E-state index in [0.717, 1.165) is 23.4 Å². The standard InChI is InChI=1S/C14H19NO2/c1-5-10-6-9(4)13-11(7-10)15-14(16)12(17-13)8(2)3/h6-8,12H,5H2,1-4H3,(H,15,16). The molecule has 0 saturated carbocycles. The Morgan fingerprint density at radius 3 is 2.71 bits per heavy atom. The van der Waals surface area contributed by atoms with Crippen LogP contribution in [0.1, 0.15) is 31.9 Å². The van der Waals surface area contributed by atoms with Crippen LogP contribution >= 0.6 is 0 Å². The molecule has 3 nitrogen and oxygen atoms in total. The van der Waals surface area contributed by atoms with E-state index in [1.807, 2.05) is 26.8 Å². The Bertz CT molecular complexity index is 452. The predicted molar refractivity (Wildman–Crippen MR) is 68.4 cm³/mol. The van der Waals surface area contributed by atoms with Crippen molar-refractivity contribution in [3.63, 3.8) is 0 Å². The van der Waals surface area contributed by atoms with Crippen molar-refractivity contribution in [2.75, 3.05) is 5.32 Å². The van der Waals surface area contributed by atoms with Gasteiger partial charge in [-0.15, -0.1) is 0 Å². The van der Waals surface area contributed by atoms with Crippen molar-refractivity contribution in [1.82, 2.24) is 0 Å². The van der Waals surface area contributed by atoms with E-state index in [2.05, 4.69) is 18.3 Å². The van der Waals surface area contributed by atoms with Crippen LogP contribution in [0.15, 0.2) is 12.1 Å². The molecule has 1 heterocycles. The Morgan fingerprint density at radius 1 is 1.41 bits per heavy atom. The lowest BCUT2D eigenvalue weighted by molar-refractivity contribution is -0.125. The van der Waals surface area contributed by atoms with Gasteiger partial charge in [-0.1, -0.05) is 26.8 Å². The highest BCUT2D eigenvalue weighted by molar-refractivity contribution is 5.98. The number of carbonyl (C=O) groups excluding carboxylic acids is 1. The normalized spacial score (nSPS) is 18.6. The third-order valence-corrected chi connectivity index (χ3v) is 3.11. The quantitative estimate of drug-likeness (QED) is 0.853. The van der Waals surface area contributed by atoms with E-state index in [1.54, 1.807) is 0 Å². The van der Waals surface area contributed by atoms with Crippen LogP contribution in [-0.4, -0.2) is 12.0 Å². The third kappa shape index (κ3) is 2.14. The highest BCUT2D eigenvalue weighted by Crippen LogP contribution is 2.35. The van der Waals surface area contributed by atoms with Gasteiger partial charge in [0.05, 0.1) is 5.69 Å². The van der Waals surface area contributed by atoms with Crippen LogP contribution in [0.3, 0.4) is 0 Å². The molecule has 0 radical (unpaired) electrons. The molecule has 0 aromatic heterocycles. The van der Waals surface area contributed by atoms with Crippen LogP contribution in [0.2, 0.25) is 0 Å². The van der Waals surface area contributed by atoms with E-state index < -0.39 is 0 Å². The van der Waals surface area contributed by atoms with E-state index in [1.165, 1.54) is 5.56 Å². The van der Waals surface area contributed by atoms with Crippen molar-refractivity contribution in [2.24, 2.45) is 5.92 Å². The molecule has 0 aliphatic carbocycles. The van der Waals surface area contributed by atoms with Gasteiger partial charge in [0, 0.05) is 0 Å². The fourth-order valence-corrected chi connectivity index (χ4v) is 2.13. The lowest BCUT2D eigenvalue weighted by Crippen LogP contribution is -2.40. The summed E-state index contributed by atoms with van der Waals surface area (Å²) < 4.78 is 5.82. The minimum atomic E-state index is -0.381. The number of fused-ring (bicyclic) bond motifs is 1. The van der Waals surface area contributed by atoms with Crippen molar-refractivity contribution in [3.05, 3.63) is 23.3 Å². The Balaban J connectivity index is 2.41. The van der Waals surface area contributed by atoms with Crippen LogP contribution in [-0.2, 0) is 11.2 Å². The van der Waals surface area contributed by atoms with Crippen LogP contribution in [0.25, 0.3) is 0 Å². The van der Waals surface area contributed by atoms with E-state index in [-0.39, 0.29) is 17.9 Å². The number of benzene rings is 1. The Kier molecular flexibility index (Phi) is 3.09. The molecule has 1 N–H and O–H groups in total. The summed E-state index contributed by atoms with van der Waals surface area (Å²) in [5, 5.41) is 2.94. The summed E-state index contributed by atoms with van der Waals surface area (Å²) in [6, 6.07) is 4.12. The Morgan fingerprint density at radius 2 is 2.12 bits per heavy atom. The van der Waals surface area contributed by atoms with E-state index in [0.29, 0.717) is 0 Å². The molecule has 0 fully saturated rings. The van der Waals surface area contributed by atoms with Gasteiger partial charge in [-0.2, -0.15) is 0 Å². The van der Waals surface area contributed by atoms with E-state index in [9.17, 15) is 4.79 Å². The molecule has 1 aliphatic rings. The van der Waals surface area contributed by atoms with Crippen molar-refractivity contribution >= 4 is 11.6 Å². The maximum absolute atomic E-state index is 11.9. The highest BCUT2D eigenvalue weighted by atomic mass is 16.5. The zero-order chi connectivity index (χ0) is 12.6. The first-order chi connectivity index (χ1) is 8.02. The van der Waals surface area contributed by atoms with Crippen LogP contribution < -0.4 is 10.1 Å². The second kappa shape index (κ2) is 4.40. The minimum Gasteiger partial charge on any atom is -0.478 e. The van der Waals surface area contributed by atoms with Gasteiger partial charge in [0.15, 0.2) is 6.10 Å². The summed E-state index contributed by atoms with van der Waals surface area (Å²) in [4.78, 5) is 11.9. The average Bonchev–Trinajstić information content (AvgIpc) is 2.27. The smallest absolute Gasteiger partial charge is 0.265 e. The van der Waals surface area contributed by atoms with Gasteiger partial charge in [0.2, 0.25) is 0 Å². The molecule has 0 bridgehead atoms. The maximum Gasteiger partial charge on any atom is 0.265 e. The molecule has 1 amide bonds. The molecule has 17 heavy (non-hydrogen) atoms. The topological polar surface area (TPSA) is 38.3 Å². The van der Waals surface area contributed by atoms with Crippen LogP contribution in [0.5, 0.6) is 5.75 Å². The number of rotatable bonds is 2. The van der Waals surface area contributed by atoms with Gasteiger partial charge in [-0.3, -0.25) is 4.79 Å². The van der Waals surface area contributed by atoms with Gasteiger partial charge < -0.3 is 10.1 Å². The molecular formula is C14H19NO2. The highest BCUT2D eigenvalue weighted by Gasteiger charge is 2.31. The van der Waals surface area contributed by atoms with Gasteiger partial charge in [0.25, 0.3) is 5.91 Å². The number of anilines is 1. The van der Waals surface area contributed by atoms with E-state index in [4.69, 9.17) is 4.74 Å². The molecule has 1 aliphatic heterocycles. The monoisotopic (exact) mass is 233 g/mol. The first-order valence-corrected chi connectivity index (χ1v) is 6.14. The summed E-state index contributed by atoms with van der Waals surface area (Å²) in [7, 11) is 0. The second-order valence-electron chi connectivity index (χ2n) is 4.91. The van der Waals surface area contributed by atoms with Crippen LogP contribution in [0.4, 0.5) is 5.69 Å². The second-order valence-corrected chi connectivity index (χ2v) is 4.91. The molecule has 3 heteroatoms. The van der Waals surface area contributed by atoms with Crippen molar-refractivity contribution in [3.8, 4) is 5.75 Å². The zero-order valence-corrected chi connectivity index (χ0v) is 10.8. The number of hydrogen-bond acceptors (Lipinski definition) is 2. The van der Waals surface area contributed by atoms with Gasteiger partial charge in [-0.05, 0) is 36.5 Å². The summed E-state index contributed by atoms with van der Waals surface area (Å²) in [5.41, 5.74) is 3.11. The number of nitrogens with one attached hydrogen (secondary N) is 1. The molecule has 0 saturated heterocycles. The Labute approximate surface area is 102 Å². The van der Waals surface area contributed by atoms with Crippen molar-refractivity contribution in [2.45, 2.75) is 40.2 Å². The van der Waals surface area contributed by atoms with Crippen molar-refractivity contribution in [1.29, 1.82) is 0 Å². The fraction of sp³-hybridized carbons (Fsp3) is 0.500. The first kappa shape index (κ1) is 12.0. The molecule has 1 atom stereocenters. The summed E-state index contributed by atoms with van der Waals surface area (Å²) in [5.74, 6) is 0.953. The molecule has 92 valence electrons. The number of amides is 1. The molecule has 1 unspecified atom stereocenters. The molecule has 1 aromatic rings. The maximum atomic E-state index is 11.9. The van der Waals surface area contributed by atoms with Crippen molar-refractivity contribution < 1.29 is 9.53 Å². The summed E-state index contributed by atoms with van der Waals surface area (Å²) in [6.07, 6.45) is 0.575. The third-order valence-electron chi connectivity index (χ3n) is 3.11. The molecule has 0 spiro atoms. The van der Waals surface area contributed by atoms with Crippen LogP contribution in [0, 0.1) is 12.8 Å². The average molecular weight is 233 g/mol. The molecule has 1 aromatic carbocycles. The number of ether oxygens (including phenoxy) is 1. The van der Waals surface area contributed by atoms with E-state index >= 15 is 0 Å². The molecular weight excluding hydrogens is 214 g/mol. The lowest BCUT2D eigenvalue weighted by Gasteiger charge is -2.29. The largest absolute Gasteiger partial charge is 0.478 e. The number of aryl methyl sites for hydroxylation is 2. The van der Waals surface area contributed by atoms with Gasteiger partial charge in [0.1, 0.15) is 5.75 Å². The summed E-state index contributed by atoms with van der Waals surface area (Å²) >= 11 is 0. The molecule has 2 rings (SSSR count). The lowest BCUT2D eigenvalue weighted by atomic mass is 10.0. The summed E-state index contributed by atoms with van der Waals surface area (Å²) in [6.45, 7) is 8.10. The number of hydrogen-bond donors (Lipinski definition) is 1. The van der Waals surface area contributed by atoms with Gasteiger partial charge in [-0.25, -0.2) is 0 Å². The SMILES string of the molecule is CCc1cc(C)c2c(c1)NC(=O)C(C(C)C)O2. The van der Waals surface area contributed by atoms with Gasteiger partial charge >= 0.3 is 0 Å². The first-order valence-electron chi connectivity index (χ1n) is 6.14. The fourth-order valence-electron chi connectivity index (χ4n) is 2.13. The minimum absolute atomic E-state index is 0.0415. The predicted octanol–water partition coefficient (Wildman–Crippen LogP) is 2.91.